The van der Waals surface area contributed by atoms with Gasteiger partial charge in [0.2, 0.25) is 11.8 Å². The molecule has 2 aromatic heterocycles. The average Bonchev–Trinajstić information content (AvgIpc) is 2.80. The van der Waals surface area contributed by atoms with Crippen LogP contribution in [0.1, 0.15) is 5.82 Å². The van der Waals surface area contributed by atoms with Gasteiger partial charge in [0, 0.05) is 0 Å². The maximum absolute atomic E-state index is 10.1. The largest absolute Gasteiger partial charge is 0.378 e. The van der Waals surface area contributed by atoms with Gasteiger partial charge in [-0.25, -0.2) is 9.97 Å². The lowest BCUT2D eigenvalue weighted by atomic mass is 9.94. The summed E-state index contributed by atoms with van der Waals surface area (Å²) in [6.07, 6.45) is 3.02. The fourth-order valence-corrected chi connectivity index (χ4v) is 1.79. The molecule has 1 aliphatic rings. The van der Waals surface area contributed by atoms with E-state index in [1.165, 1.54) is 12.4 Å². The summed E-state index contributed by atoms with van der Waals surface area (Å²) in [4.78, 5) is 9.91. The molecular formula is C8H8ClN7O. The molecule has 0 bridgehead atoms. The van der Waals surface area contributed by atoms with E-state index in [1.807, 2.05) is 0 Å². The molecule has 88 valence electrons. The van der Waals surface area contributed by atoms with Crippen molar-refractivity contribution in [3.8, 4) is 0 Å². The molecule has 0 saturated carbocycles. The zero-order valence-corrected chi connectivity index (χ0v) is 9.33. The van der Waals surface area contributed by atoms with Gasteiger partial charge in [-0.1, -0.05) is 16.8 Å². The Morgan fingerprint density at radius 3 is 2.65 bits per heavy atom. The third kappa shape index (κ3) is 1.71. The van der Waals surface area contributed by atoms with Gasteiger partial charge < -0.3 is 10.0 Å². The number of anilines is 1. The lowest BCUT2D eigenvalue weighted by Gasteiger charge is -2.44. The van der Waals surface area contributed by atoms with Gasteiger partial charge in [-0.3, -0.25) is 0 Å². The molecule has 0 radical (unpaired) electrons. The van der Waals surface area contributed by atoms with Crippen LogP contribution in [-0.2, 0) is 5.60 Å². The van der Waals surface area contributed by atoms with Crippen molar-refractivity contribution in [3.63, 3.8) is 0 Å². The Hall–Kier alpha value is -1.80. The SMILES string of the molecule is OC1(c2nn[nH]n2)CN(c2ncc(Cl)cn2)C1. The van der Waals surface area contributed by atoms with Crippen LogP contribution in [0.15, 0.2) is 12.4 Å². The van der Waals surface area contributed by atoms with E-state index in [4.69, 9.17) is 11.6 Å². The first-order valence-electron chi connectivity index (χ1n) is 4.86. The van der Waals surface area contributed by atoms with E-state index in [9.17, 15) is 5.11 Å². The number of tetrazole rings is 1. The maximum atomic E-state index is 10.1. The predicted molar refractivity (Wildman–Crippen MR) is 57.3 cm³/mol. The summed E-state index contributed by atoms with van der Waals surface area (Å²) in [5, 5.41) is 23.9. The molecule has 8 nitrogen and oxygen atoms in total. The van der Waals surface area contributed by atoms with E-state index >= 15 is 0 Å². The second kappa shape index (κ2) is 3.60. The first-order chi connectivity index (χ1) is 8.17. The van der Waals surface area contributed by atoms with Crippen LogP contribution >= 0.6 is 11.6 Å². The summed E-state index contributed by atoms with van der Waals surface area (Å²) in [5.74, 6) is 0.797. The molecule has 17 heavy (non-hydrogen) atoms. The molecule has 0 spiro atoms. The Kier molecular flexibility index (Phi) is 2.20. The smallest absolute Gasteiger partial charge is 0.225 e. The molecule has 1 aliphatic heterocycles. The molecule has 0 amide bonds. The van der Waals surface area contributed by atoms with Crippen molar-refractivity contribution in [2.24, 2.45) is 0 Å². The minimum Gasteiger partial charge on any atom is -0.378 e. The molecule has 0 aliphatic carbocycles. The van der Waals surface area contributed by atoms with E-state index in [2.05, 4.69) is 30.6 Å². The highest BCUT2D eigenvalue weighted by Gasteiger charge is 2.47. The van der Waals surface area contributed by atoms with Crippen molar-refractivity contribution in [2.45, 2.75) is 5.60 Å². The molecule has 2 N–H and O–H groups in total. The Labute approximate surface area is 101 Å². The van der Waals surface area contributed by atoms with Gasteiger partial charge in [0.15, 0.2) is 5.60 Å². The third-order valence-corrected chi connectivity index (χ3v) is 2.75. The summed E-state index contributed by atoms with van der Waals surface area (Å²) < 4.78 is 0. The highest BCUT2D eigenvalue weighted by molar-refractivity contribution is 6.30. The van der Waals surface area contributed by atoms with Gasteiger partial charge in [0.05, 0.1) is 30.5 Å². The van der Waals surface area contributed by atoms with Gasteiger partial charge in [-0.15, -0.1) is 10.2 Å². The second-order valence-electron chi connectivity index (χ2n) is 3.82. The van der Waals surface area contributed by atoms with Crippen molar-refractivity contribution >= 4 is 17.5 Å². The number of halogens is 1. The van der Waals surface area contributed by atoms with E-state index in [1.54, 1.807) is 4.90 Å². The van der Waals surface area contributed by atoms with E-state index < -0.39 is 5.60 Å². The third-order valence-electron chi connectivity index (χ3n) is 2.56. The zero-order chi connectivity index (χ0) is 11.9. The van der Waals surface area contributed by atoms with Crippen LogP contribution in [0.2, 0.25) is 5.02 Å². The number of H-pyrrole nitrogens is 1. The van der Waals surface area contributed by atoms with Gasteiger partial charge in [0.25, 0.3) is 0 Å². The van der Waals surface area contributed by atoms with Crippen LogP contribution in [0.4, 0.5) is 5.95 Å². The quantitative estimate of drug-likeness (QED) is 0.733. The molecular weight excluding hydrogens is 246 g/mol. The Morgan fingerprint density at radius 1 is 1.35 bits per heavy atom. The Bertz CT molecular complexity index is 507. The summed E-state index contributed by atoms with van der Waals surface area (Å²) in [6.45, 7) is 0.655. The number of hydrogen-bond acceptors (Lipinski definition) is 7. The summed E-state index contributed by atoms with van der Waals surface area (Å²) in [7, 11) is 0. The number of aromatic nitrogens is 6. The van der Waals surface area contributed by atoms with Crippen molar-refractivity contribution < 1.29 is 5.11 Å². The van der Waals surface area contributed by atoms with Crippen molar-refractivity contribution in [2.75, 3.05) is 18.0 Å². The maximum Gasteiger partial charge on any atom is 0.225 e. The zero-order valence-electron chi connectivity index (χ0n) is 8.58. The fraction of sp³-hybridized carbons (Fsp3) is 0.375. The summed E-state index contributed by atoms with van der Waals surface area (Å²) in [5.41, 5.74) is -1.09. The first kappa shape index (κ1) is 10.4. The minimum atomic E-state index is -1.09. The fourth-order valence-electron chi connectivity index (χ4n) is 1.70. The molecule has 9 heteroatoms. The Morgan fingerprint density at radius 2 is 2.06 bits per heavy atom. The number of aliphatic hydroxyl groups is 1. The standard InChI is InChI=1S/C8H8ClN7O/c9-5-1-10-7(11-2-5)16-3-8(17,4-16)6-12-14-15-13-6/h1-2,17H,3-4H2,(H,12,13,14,15). The summed E-state index contributed by atoms with van der Waals surface area (Å²) in [6, 6.07) is 0. The molecule has 1 saturated heterocycles. The number of β-amino-alcohol motifs (C(OH)–C–C–N with tert-alkyl or cyclic N) is 1. The first-order valence-corrected chi connectivity index (χ1v) is 5.24. The minimum absolute atomic E-state index is 0.280. The van der Waals surface area contributed by atoms with Crippen molar-refractivity contribution in [1.82, 2.24) is 30.6 Å². The lowest BCUT2D eigenvalue weighted by Crippen LogP contribution is -2.60. The number of nitrogens with zero attached hydrogens (tertiary/aromatic N) is 6. The van der Waals surface area contributed by atoms with Crippen LogP contribution in [-0.4, -0.2) is 48.8 Å². The monoisotopic (exact) mass is 253 g/mol. The highest BCUT2D eigenvalue weighted by atomic mass is 35.5. The number of nitrogens with one attached hydrogen (secondary N) is 1. The molecule has 0 atom stereocenters. The predicted octanol–water partition coefficient (Wildman–Crippen LogP) is -0.649. The number of hydrogen-bond donors (Lipinski definition) is 2. The highest BCUT2D eigenvalue weighted by Crippen LogP contribution is 2.31. The normalized spacial score (nSPS) is 17.9. The van der Waals surface area contributed by atoms with Crippen LogP contribution in [0.5, 0.6) is 0 Å². The topological polar surface area (TPSA) is 104 Å². The van der Waals surface area contributed by atoms with Gasteiger partial charge >= 0.3 is 0 Å². The van der Waals surface area contributed by atoms with Gasteiger partial charge in [-0.05, 0) is 0 Å². The molecule has 2 aromatic rings. The van der Waals surface area contributed by atoms with E-state index in [-0.39, 0.29) is 5.82 Å². The van der Waals surface area contributed by atoms with Crippen LogP contribution in [0.25, 0.3) is 0 Å². The Balaban J connectivity index is 1.74. The number of rotatable bonds is 2. The summed E-state index contributed by atoms with van der Waals surface area (Å²) >= 11 is 5.69. The molecule has 1 fully saturated rings. The number of aromatic amines is 1. The van der Waals surface area contributed by atoms with Crippen molar-refractivity contribution in [3.05, 3.63) is 23.2 Å². The van der Waals surface area contributed by atoms with E-state index in [0.29, 0.717) is 24.1 Å². The van der Waals surface area contributed by atoms with Gasteiger partial charge in [0.1, 0.15) is 0 Å². The molecule has 0 aromatic carbocycles. The van der Waals surface area contributed by atoms with Crippen LogP contribution in [0, 0.1) is 0 Å². The average molecular weight is 254 g/mol. The van der Waals surface area contributed by atoms with E-state index in [0.717, 1.165) is 0 Å². The molecule has 0 unspecified atom stereocenters. The van der Waals surface area contributed by atoms with Gasteiger partial charge in [-0.2, -0.15) is 5.21 Å². The van der Waals surface area contributed by atoms with Crippen LogP contribution in [0.3, 0.4) is 0 Å². The second-order valence-corrected chi connectivity index (χ2v) is 4.26. The molecule has 3 rings (SSSR count). The molecule has 3 heterocycles. The van der Waals surface area contributed by atoms with Crippen LogP contribution < -0.4 is 4.90 Å². The van der Waals surface area contributed by atoms with Crippen molar-refractivity contribution in [1.29, 1.82) is 0 Å². The lowest BCUT2D eigenvalue weighted by molar-refractivity contribution is -0.00196.